The van der Waals surface area contributed by atoms with Crippen LogP contribution in [0.1, 0.15) is 13.8 Å². The quantitative estimate of drug-likeness (QED) is 0.480. The Bertz CT molecular complexity index is 186. The predicted molar refractivity (Wildman–Crippen MR) is 39.1 cm³/mol. The molecule has 0 bridgehead atoms. The lowest BCUT2D eigenvalue weighted by Crippen LogP contribution is -2.22. The molecule has 0 aliphatic carbocycles. The van der Waals surface area contributed by atoms with E-state index in [0.29, 0.717) is 6.20 Å². The van der Waals surface area contributed by atoms with Crippen molar-refractivity contribution in [2.45, 2.75) is 13.8 Å². The molecule has 0 spiro atoms. The standard InChI is InChI=1S/C6H10N2O3/c1-5(2)6(9)7-3-4-8(10)11/h3-5H,1-2H3,(H,7,9)/b4-3+. The van der Waals surface area contributed by atoms with Gasteiger partial charge in [0.05, 0.1) is 11.1 Å². The van der Waals surface area contributed by atoms with E-state index in [2.05, 4.69) is 5.32 Å². The third kappa shape index (κ3) is 5.07. The Kier molecular flexibility index (Phi) is 3.87. The maximum atomic E-state index is 10.7. The number of carbonyl (C=O) groups excluding carboxylic acids is 1. The highest BCUT2D eigenvalue weighted by Gasteiger charge is 2.03. The summed E-state index contributed by atoms with van der Waals surface area (Å²) in [6.45, 7) is 3.41. The summed E-state index contributed by atoms with van der Waals surface area (Å²) in [6.07, 6.45) is 1.70. The van der Waals surface area contributed by atoms with Crippen LogP contribution < -0.4 is 5.32 Å². The van der Waals surface area contributed by atoms with Crippen molar-refractivity contribution in [2.24, 2.45) is 5.92 Å². The zero-order chi connectivity index (χ0) is 8.85. The molecule has 0 heterocycles. The number of amides is 1. The molecule has 0 saturated carbocycles. The van der Waals surface area contributed by atoms with Gasteiger partial charge in [-0.1, -0.05) is 13.8 Å². The van der Waals surface area contributed by atoms with Crippen molar-refractivity contribution in [2.75, 3.05) is 0 Å². The van der Waals surface area contributed by atoms with Gasteiger partial charge in [0.1, 0.15) is 0 Å². The van der Waals surface area contributed by atoms with Gasteiger partial charge in [0.25, 0.3) is 0 Å². The minimum absolute atomic E-state index is 0.161. The first-order valence-corrected chi connectivity index (χ1v) is 3.14. The number of hydrogen-bond donors (Lipinski definition) is 1. The van der Waals surface area contributed by atoms with Crippen LogP contribution in [0, 0.1) is 16.0 Å². The molecule has 0 fully saturated rings. The average Bonchev–Trinajstić information content (AvgIpc) is 1.86. The lowest BCUT2D eigenvalue weighted by Gasteiger charge is -1.99. The van der Waals surface area contributed by atoms with E-state index in [0.717, 1.165) is 6.20 Å². The fourth-order valence-electron chi connectivity index (χ4n) is 0.347. The summed E-state index contributed by atoms with van der Waals surface area (Å²) in [5.41, 5.74) is 0. The molecule has 0 atom stereocenters. The molecule has 1 N–H and O–H groups in total. The van der Waals surface area contributed by atoms with Gasteiger partial charge in [0.15, 0.2) is 0 Å². The van der Waals surface area contributed by atoms with Crippen molar-refractivity contribution in [3.05, 3.63) is 22.5 Å². The zero-order valence-electron chi connectivity index (χ0n) is 6.40. The van der Waals surface area contributed by atoms with E-state index in [9.17, 15) is 14.9 Å². The van der Waals surface area contributed by atoms with Crippen molar-refractivity contribution in [1.29, 1.82) is 0 Å². The maximum absolute atomic E-state index is 10.7. The summed E-state index contributed by atoms with van der Waals surface area (Å²) in [6, 6.07) is 0. The van der Waals surface area contributed by atoms with Crippen LogP contribution in [-0.4, -0.2) is 10.8 Å². The Morgan fingerprint density at radius 1 is 1.64 bits per heavy atom. The second-order valence-corrected chi connectivity index (χ2v) is 2.26. The molecule has 0 saturated heterocycles. The Labute approximate surface area is 64.2 Å². The summed E-state index contributed by atoms with van der Waals surface area (Å²) in [5, 5.41) is 12.0. The summed E-state index contributed by atoms with van der Waals surface area (Å²) in [5.74, 6) is -0.394. The number of hydrogen-bond acceptors (Lipinski definition) is 3. The summed E-state index contributed by atoms with van der Waals surface area (Å²) >= 11 is 0. The fourth-order valence-corrected chi connectivity index (χ4v) is 0.347. The van der Waals surface area contributed by atoms with Crippen molar-refractivity contribution in [3.8, 4) is 0 Å². The molecular formula is C6H10N2O3. The van der Waals surface area contributed by atoms with Crippen LogP contribution in [0.25, 0.3) is 0 Å². The van der Waals surface area contributed by atoms with Gasteiger partial charge >= 0.3 is 0 Å². The molecule has 0 rings (SSSR count). The topological polar surface area (TPSA) is 72.2 Å². The first-order chi connectivity index (χ1) is 5.04. The Morgan fingerprint density at radius 2 is 2.18 bits per heavy atom. The van der Waals surface area contributed by atoms with E-state index in [1.807, 2.05) is 0 Å². The molecule has 0 aromatic rings. The molecule has 5 heteroatoms. The SMILES string of the molecule is CC(C)C(=O)N/C=C/[N+](=O)[O-]. The van der Waals surface area contributed by atoms with Crippen LogP contribution in [0.3, 0.4) is 0 Å². The molecule has 11 heavy (non-hydrogen) atoms. The monoisotopic (exact) mass is 158 g/mol. The molecule has 0 aromatic carbocycles. The van der Waals surface area contributed by atoms with Gasteiger partial charge in [-0.05, 0) is 0 Å². The molecule has 0 aliphatic heterocycles. The second-order valence-electron chi connectivity index (χ2n) is 2.26. The van der Waals surface area contributed by atoms with Crippen LogP contribution in [0.5, 0.6) is 0 Å². The highest BCUT2D eigenvalue weighted by Crippen LogP contribution is 1.89. The Hall–Kier alpha value is -1.39. The minimum atomic E-state index is -0.638. The third-order valence-corrected chi connectivity index (χ3v) is 0.946. The summed E-state index contributed by atoms with van der Waals surface area (Å²) in [7, 11) is 0. The van der Waals surface area contributed by atoms with Gasteiger partial charge in [-0.2, -0.15) is 0 Å². The van der Waals surface area contributed by atoms with E-state index >= 15 is 0 Å². The normalized spacial score (nSPS) is 10.5. The lowest BCUT2D eigenvalue weighted by atomic mass is 10.2. The number of nitrogens with zero attached hydrogens (tertiary/aromatic N) is 1. The van der Waals surface area contributed by atoms with E-state index in [1.165, 1.54) is 0 Å². The van der Waals surface area contributed by atoms with Crippen LogP contribution in [0.2, 0.25) is 0 Å². The molecule has 0 aliphatic rings. The number of carbonyl (C=O) groups is 1. The van der Waals surface area contributed by atoms with E-state index in [1.54, 1.807) is 13.8 Å². The van der Waals surface area contributed by atoms with Crippen LogP contribution in [0.4, 0.5) is 0 Å². The predicted octanol–water partition coefficient (Wildman–Crippen LogP) is 0.506. The summed E-state index contributed by atoms with van der Waals surface area (Å²) < 4.78 is 0. The highest BCUT2D eigenvalue weighted by atomic mass is 16.6. The van der Waals surface area contributed by atoms with Gasteiger partial charge in [-0.15, -0.1) is 0 Å². The molecule has 0 unspecified atom stereocenters. The fraction of sp³-hybridized carbons (Fsp3) is 0.500. The number of rotatable bonds is 3. The van der Waals surface area contributed by atoms with Crippen molar-refractivity contribution in [3.63, 3.8) is 0 Å². The average molecular weight is 158 g/mol. The van der Waals surface area contributed by atoms with Gasteiger partial charge in [-0.3, -0.25) is 14.9 Å². The van der Waals surface area contributed by atoms with E-state index in [-0.39, 0.29) is 11.8 Å². The lowest BCUT2D eigenvalue weighted by molar-refractivity contribution is -0.402. The Balaban J connectivity index is 3.71. The summed E-state index contributed by atoms with van der Waals surface area (Å²) in [4.78, 5) is 19.8. The second kappa shape index (κ2) is 4.43. The minimum Gasteiger partial charge on any atom is -0.327 e. The zero-order valence-corrected chi connectivity index (χ0v) is 6.40. The van der Waals surface area contributed by atoms with E-state index < -0.39 is 4.92 Å². The van der Waals surface area contributed by atoms with Gasteiger partial charge in [0, 0.05) is 5.92 Å². The van der Waals surface area contributed by atoms with Gasteiger partial charge in [-0.25, -0.2) is 0 Å². The Morgan fingerprint density at radius 3 is 2.55 bits per heavy atom. The molecule has 5 nitrogen and oxygen atoms in total. The number of nitrogens with one attached hydrogen (secondary N) is 1. The molecule has 0 aromatic heterocycles. The van der Waals surface area contributed by atoms with Crippen LogP contribution in [-0.2, 0) is 4.79 Å². The van der Waals surface area contributed by atoms with Gasteiger partial charge in [0.2, 0.25) is 12.1 Å². The number of nitro groups is 1. The largest absolute Gasteiger partial charge is 0.327 e. The smallest absolute Gasteiger partial charge is 0.250 e. The van der Waals surface area contributed by atoms with Crippen molar-refractivity contribution >= 4 is 5.91 Å². The van der Waals surface area contributed by atoms with Crippen LogP contribution in [0.15, 0.2) is 12.4 Å². The van der Waals surface area contributed by atoms with Gasteiger partial charge < -0.3 is 5.32 Å². The molecule has 1 amide bonds. The molecule has 62 valence electrons. The first-order valence-electron chi connectivity index (χ1n) is 3.14. The molecule has 0 radical (unpaired) electrons. The first kappa shape index (κ1) is 9.61. The highest BCUT2D eigenvalue weighted by molar-refractivity contribution is 5.78. The van der Waals surface area contributed by atoms with Crippen molar-refractivity contribution in [1.82, 2.24) is 5.32 Å². The third-order valence-electron chi connectivity index (χ3n) is 0.946. The molecular weight excluding hydrogens is 148 g/mol. The maximum Gasteiger partial charge on any atom is 0.250 e. The van der Waals surface area contributed by atoms with Crippen molar-refractivity contribution < 1.29 is 9.72 Å². The van der Waals surface area contributed by atoms with Crippen LogP contribution >= 0.6 is 0 Å². The van der Waals surface area contributed by atoms with E-state index in [4.69, 9.17) is 0 Å².